The Hall–Kier alpha value is -2.58. The Morgan fingerprint density at radius 2 is 2.00 bits per heavy atom. The van der Waals surface area contributed by atoms with E-state index >= 15 is 0 Å². The van der Waals surface area contributed by atoms with E-state index in [2.05, 4.69) is 0 Å². The summed E-state index contributed by atoms with van der Waals surface area (Å²) < 4.78 is 43.4. The van der Waals surface area contributed by atoms with Crippen molar-refractivity contribution in [3.8, 4) is 11.5 Å². The molecule has 2 aromatic rings. The summed E-state index contributed by atoms with van der Waals surface area (Å²) in [5.41, 5.74) is 2.47. The molecule has 8 heteroatoms. The fraction of sp³-hybridized carbons (Fsp3) is 0.381. The first-order chi connectivity index (χ1) is 13.8. The summed E-state index contributed by atoms with van der Waals surface area (Å²) in [7, 11) is -0.650. The summed E-state index contributed by atoms with van der Waals surface area (Å²) in [5, 5.41) is 0. The first-order valence-corrected chi connectivity index (χ1v) is 10.8. The van der Waals surface area contributed by atoms with Gasteiger partial charge in [-0.1, -0.05) is 17.7 Å². The van der Waals surface area contributed by atoms with Crippen LogP contribution in [0, 0.1) is 6.92 Å². The standard InChI is InChI=1S/C21H25NO6S/c1-5-27-21(23)20-12-15-11-17(7-9-19(15)28-20)29(24,25)22(3)13-16-10-14(2)6-8-18(16)26-4/h6-11,20H,5,12-13H2,1-4H3. The van der Waals surface area contributed by atoms with E-state index in [1.165, 1.54) is 17.4 Å². The zero-order valence-corrected chi connectivity index (χ0v) is 17.8. The number of carbonyl (C=O) groups is 1. The van der Waals surface area contributed by atoms with Crippen molar-refractivity contribution in [1.29, 1.82) is 0 Å². The molecule has 0 N–H and O–H groups in total. The van der Waals surface area contributed by atoms with Crippen molar-refractivity contribution in [2.45, 2.75) is 37.8 Å². The van der Waals surface area contributed by atoms with Crippen LogP contribution in [0.1, 0.15) is 23.6 Å². The van der Waals surface area contributed by atoms with Crippen LogP contribution in [0.25, 0.3) is 0 Å². The Balaban J connectivity index is 1.82. The number of ether oxygens (including phenoxy) is 3. The second-order valence-corrected chi connectivity index (χ2v) is 8.95. The summed E-state index contributed by atoms with van der Waals surface area (Å²) in [6.07, 6.45) is -0.454. The van der Waals surface area contributed by atoms with Crippen LogP contribution < -0.4 is 9.47 Å². The molecule has 0 radical (unpaired) electrons. The smallest absolute Gasteiger partial charge is 0.347 e. The number of sulfonamides is 1. The maximum Gasteiger partial charge on any atom is 0.347 e. The fourth-order valence-electron chi connectivity index (χ4n) is 3.29. The summed E-state index contributed by atoms with van der Waals surface area (Å²) in [6.45, 7) is 4.11. The molecule has 0 fully saturated rings. The number of hydrogen-bond acceptors (Lipinski definition) is 6. The quantitative estimate of drug-likeness (QED) is 0.642. The average molecular weight is 419 g/mol. The number of hydrogen-bond donors (Lipinski definition) is 0. The molecule has 0 spiro atoms. The van der Waals surface area contributed by atoms with E-state index in [0.717, 1.165) is 11.1 Å². The Bertz CT molecular complexity index is 1020. The van der Waals surface area contributed by atoms with Gasteiger partial charge in [0.25, 0.3) is 0 Å². The number of nitrogens with zero attached hydrogens (tertiary/aromatic N) is 1. The average Bonchev–Trinajstić information content (AvgIpc) is 3.12. The monoisotopic (exact) mass is 419 g/mol. The van der Waals surface area contributed by atoms with Crippen molar-refractivity contribution in [1.82, 2.24) is 4.31 Å². The van der Waals surface area contributed by atoms with Crippen LogP contribution in [0.2, 0.25) is 0 Å². The third-order valence-corrected chi connectivity index (χ3v) is 6.59. The third-order valence-electron chi connectivity index (χ3n) is 4.79. The Morgan fingerprint density at radius 3 is 2.69 bits per heavy atom. The number of fused-ring (bicyclic) bond motifs is 1. The van der Waals surface area contributed by atoms with Gasteiger partial charge in [-0.2, -0.15) is 4.31 Å². The fourth-order valence-corrected chi connectivity index (χ4v) is 4.49. The highest BCUT2D eigenvalue weighted by Crippen LogP contribution is 2.32. The lowest BCUT2D eigenvalue weighted by Crippen LogP contribution is -2.27. The van der Waals surface area contributed by atoms with E-state index in [0.29, 0.717) is 17.1 Å². The van der Waals surface area contributed by atoms with Crippen molar-refractivity contribution in [2.75, 3.05) is 20.8 Å². The minimum Gasteiger partial charge on any atom is -0.496 e. The molecule has 0 saturated heterocycles. The van der Waals surface area contributed by atoms with Gasteiger partial charge in [0.05, 0.1) is 18.6 Å². The van der Waals surface area contributed by atoms with Gasteiger partial charge in [0.15, 0.2) is 6.10 Å². The molecule has 0 amide bonds. The zero-order valence-electron chi connectivity index (χ0n) is 17.0. The van der Waals surface area contributed by atoms with Crippen molar-refractivity contribution in [3.05, 3.63) is 53.1 Å². The predicted molar refractivity (Wildman–Crippen MR) is 108 cm³/mol. The highest BCUT2D eigenvalue weighted by Gasteiger charge is 2.32. The largest absolute Gasteiger partial charge is 0.496 e. The molecular weight excluding hydrogens is 394 g/mol. The van der Waals surface area contributed by atoms with Gasteiger partial charge in [0, 0.05) is 25.6 Å². The van der Waals surface area contributed by atoms with Crippen LogP contribution in [0.15, 0.2) is 41.3 Å². The van der Waals surface area contributed by atoms with E-state index in [4.69, 9.17) is 14.2 Å². The molecular formula is C21H25NO6S. The zero-order chi connectivity index (χ0) is 21.2. The Kier molecular flexibility index (Phi) is 6.14. The number of rotatable bonds is 7. The third kappa shape index (κ3) is 4.38. The first kappa shape index (κ1) is 21.1. The van der Waals surface area contributed by atoms with Gasteiger partial charge >= 0.3 is 5.97 Å². The molecule has 7 nitrogen and oxygen atoms in total. The second kappa shape index (κ2) is 8.42. The normalized spacial score (nSPS) is 15.7. The molecule has 1 aliphatic heterocycles. The number of carbonyl (C=O) groups excluding carboxylic acids is 1. The van der Waals surface area contributed by atoms with E-state index in [1.54, 1.807) is 26.2 Å². The molecule has 0 aliphatic carbocycles. The Labute approximate surface area is 171 Å². The van der Waals surface area contributed by atoms with Gasteiger partial charge in [-0.25, -0.2) is 13.2 Å². The topological polar surface area (TPSA) is 82.1 Å². The van der Waals surface area contributed by atoms with Gasteiger partial charge in [-0.3, -0.25) is 0 Å². The van der Waals surface area contributed by atoms with Crippen LogP contribution in [0.4, 0.5) is 0 Å². The molecule has 0 bridgehead atoms. The molecule has 0 saturated carbocycles. The maximum atomic E-state index is 13.1. The molecule has 1 unspecified atom stereocenters. The van der Waals surface area contributed by atoms with Gasteiger partial charge in [0.2, 0.25) is 10.0 Å². The molecule has 3 rings (SSSR count). The molecule has 1 aliphatic rings. The van der Waals surface area contributed by atoms with E-state index in [9.17, 15) is 13.2 Å². The highest BCUT2D eigenvalue weighted by atomic mass is 32.2. The molecule has 29 heavy (non-hydrogen) atoms. The van der Waals surface area contributed by atoms with Crippen LogP contribution in [-0.4, -0.2) is 45.6 Å². The SMILES string of the molecule is CCOC(=O)C1Cc2cc(S(=O)(=O)N(C)Cc3cc(C)ccc3OC)ccc2O1. The summed E-state index contributed by atoms with van der Waals surface area (Å²) in [4.78, 5) is 12.1. The Morgan fingerprint density at radius 1 is 1.24 bits per heavy atom. The first-order valence-electron chi connectivity index (χ1n) is 9.32. The van der Waals surface area contributed by atoms with Crippen LogP contribution in [0.5, 0.6) is 11.5 Å². The predicted octanol–water partition coefficient (Wildman–Crippen LogP) is 2.69. The van der Waals surface area contributed by atoms with Gasteiger partial charge < -0.3 is 14.2 Å². The van der Waals surface area contributed by atoms with Crippen LogP contribution >= 0.6 is 0 Å². The highest BCUT2D eigenvalue weighted by molar-refractivity contribution is 7.89. The number of methoxy groups -OCH3 is 1. The van der Waals surface area contributed by atoms with Crippen molar-refractivity contribution in [2.24, 2.45) is 0 Å². The number of benzene rings is 2. The lowest BCUT2D eigenvalue weighted by molar-refractivity contribution is -0.150. The maximum absolute atomic E-state index is 13.1. The van der Waals surface area contributed by atoms with Crippen LogP contribution in [-0.2, 0) is 32.5 Å². The second-order valence-electron chi connectivity index (χ2n) is 6.91. The summed E-state index contributed by atoms with van der Waals surface area (Å²) in [6, 6.07) is 10.3. The van der Waals surface area contributed by atoms with Crippen molar-refractivity contribution >= 4 is 16.0 Å². The van der Waals surface area contributed by atoms with Gasteiger partial charge in [-0.05, 0) is 43.7 Å². The van der Waals surface area contributed by atoms with Crippen molar-refractivity contribution < 1.29 is 27.4 Å². The minimum atomic E-state index is -3.74. The molecule has 0 aromatic heterocycles. The van der Waals surface area contributed by atoms with E-state index < -0.39 is 22.1 Å². The van der Waals surface area contributed by atoms with Gasteiger partial charge in [0.1, 0.15) is 11.5 Å². The van der Waals surface area contributed by atoms with E-state index in [-0.39, 0.29) is 24.5 Å². The summed E-state index contributed by atoms with van der Waals surface area (Å²) in [5.74, 6) is 0.694. The molecule has 1 heterocycles. The van der Waals surface area contributed by atoms with Gasteiger partial charge in [-0.15, -0.1) is 0 Å². The lowest BCUT2D eigenvalue weighted by Gasteiger charge is -2.19. The number of esters is 1. The van der Waals surface area contributed by atoms with Crippen LogP contribution in [0.3, 0.4) is 0 Å². The molecule has 156 valence electrons. The van der Waals surface area contributed by atoms with E-state index in [1.807, 2.05) is 25.1 Å². The molecule has 1 atom stereocenters. The lowest BCUT2D eigenvalue weighted by atomic mass is 10.1. The van der Waals surface area contributed by atoms with Crippen molar-refractivity contribution in [3.63, 3.8) is 0 Å². The summed E-state index contributed by atoms with van der Waals surface area (Å²) >= 11 is 0. The number of aryl methyl sites for hydroxylation is 1. The minimum absolute atomic E-state index is 0.151. The molecule has 2 aromatic carbocycles.